The van der Waals surface area contributed by atoms with Crippen LogP contribution in [0.1, 0.15) is 18.4 Å². The Morgan fingerprint density at radius 2 is 2.16 bits per heavy atom. The third kappa shape index (κ3) is 3.44. The number of nitrogens with two attached hydrogens (primary N) is 1. The van der Waals surface area contributed by atoms with E-state index in [2.05, 4.69) is 0 Å². The summed E-state index contributed by atoms with van der Waals surface area (Å²) < 4.78 is 18.2. The molecule has 1 fully saturated rings. The highest BCUT2D eigenvalue weighted by Gasteiger charge is 2.33. The molecule has 1 aliphatic rings. The van der Waals surface area contributed by atoms with Crippen LogP contribution in [-0.4, -0.2) is 36.3 Å². The molecule has 0 saturated carbocycles. The first-order valence-electron chi connectivity index (χ1n) is 6.51. The average molecular weight is 266 g/mol. The van der Waals surface area contributed by atoms with Gasteiger partial charge in [-0.3, -0.25) is 0 Å². The Balaban J connectivity index is 1.91. The number of carbonyl (C=O) groups excluding carboxylic acids is 1. The number of piperidine rings is 1. The molecule has 0 bridgehead atoms. The van der Waals surface area contributed by atoms with E-state index in [1.165, 1.54) is 4.90 Å². The molecule has 0 spiro atoms. The first kappa shape index (κ1) is 13.8. The number of likely N-dealkylation sites (tertiary alicyclic amines) is 1. The summed E-state index contributed by atoms with van der Waals surface area (Å²) in [7, 11) is 0. The maximum Gasteiger partial charge on any atom is 0.410 e. The molecule has 1 amide bonds. The molecular formula is C14H19FN2O2. The average Bonchev–Trinajstić information content (AvgIpc) is 2.45. The maximum absolute atomic E-state index is 13.0. The summed E-state index contributed by atoms with van der Waals surface area (Å²) in [6.45, 7) is 0.0852. The first-order valence-corrected chi connectivity index (χ1v) is 6.51. The van der Waals surface area contributed by atoms with Crippen molar-refractivity contribution in [2.24, 2.45) is 5.73 Å². The van der Waals surface area contributed by atoms with E-state index in [-0.39, 0.29) is 12.6 Å². The van der Waals surface area contributed by atoms with Gasteiger partial charge in [-0.15, -0.1) is 0 Å². The minimum absolute atomic E-state index is 0.199. The lowest BCUT2D eigenvalue weighted by Crippen LogP contribution is -2.55. The monoisotopic (exact) mass is 266 g/mol. The van der Waals surface area contributed by atoms with E-state index in [0.717, 1.165) is 18.4 Å². The summed E-state index contributed by atoms with van der Waals surface area (Å²) in [5.41, 5.74) is 6.75. The molecular weight excluding hydrogens is 247 g/mol. The number of halogens is 1. The Labute approximate surface area is 112 Å². The SMILES string of the molecule is N[C@H]1CCCN(C(=O)OCc2ccccc2)[C@H]1CF. The van der Waals surface area contributed by atoms with Gasteiger partial charge in [0.05, 0.1) is 6.04 Å². The van der Waals surface area contributed by atoms with Gasteiger partial charge in [0.15, 0.2) is 0 Å². The van der Waals surface area contributed by atoms with Crippen LogP contribution in [-0.2, 0) is 11.3 Å². The van der Waals surface area contributed by atoms with Gasteiger partial charge in [-0.1, -0.05) is 30.3 Å². The van der Waals surface area contributed by atoms with Crippen molar-refractivity contribution in [3.8, 4) is 0 Å². The number of benzene rings is 1. The summed E-state index contributed by atoms with van der Waals surface area (Å²) in [4.78, 5) is 13.4. The minimum atomic E-state index is -0.623. The summed E-state index contributed by atoms with van der Waals surface area (Å²) in [5.74, 6) is 0. The van der Waals surface area contributed by atoms with Gasteiger partial charge in [0, 0.05) is 12.6 Å². The predicted octanol–water partition coefficient (Wildman–Crippen LogP) is 2.08. The van der Waals surface area contributed by atoms with Crippen LogP contribution in [0.15, 0.2) is 30.3 Å². The Morgan fingerprint density at radius 1 is 1.42 bits per heavy atom. The lowest BCUT2D eigenvalue weighted by Gasteiger charge is -2.37. The Bertz CT molecular complexity index is 413. The molecule has 0 unspecified atom stereocenters. The second-order valence-electron chi connectivity index (χ2n) is 4.76. The van der Waals surface area contributed by atoms with Gasteiger partial charge in [0.2, 0.25) is 0 Å². The van der Waals surface area contributed by atoms with E-state index in [1.807, 2.05) is 30.3 Å². The van der Waals surface area contributed by atoms with Gasteiger partial charge in [-0.05, 0) is 18.4 Å². The fraction of sp³-hybridized carbons (Fsp3) is 0.500. The molecule has 2 atom stereocenters. The van der Waals surface area contributed by atoms with Crippen LogP contribution < -0.4 is 5.73 Å². The van der Waals surface area contributed by atoms with Crippen molar-refractivity contribution in [3.63, 3.8) is 0 Å². The third-order valence-electron chi connectivity index (χ3n) is 3.43. The maximum atomic E-state index is 13.0. The highest BCUT2D eigenvalue weighted by Crippen LogP contribution is 2.18. The number of carbonyl (C=O) groups is 1. The van der Waals surface area contributed by atoms with Gasteiger partial charge in [0.25, 0.3) is 0 Å². The van der Waals surface area contributed by atoms with Crippen LogP contribution in [0.2, 0.25) is 0 Å². The fourth-order valence-corrected chi connectivity index (χ4v) is 2.31. The molecule has 5 heteroatoms. The molecule has 1 aromatic carbocycles. The predicted molar refractivity (Wildman–Crippen MR) is 70.3 cm³/mol. The summed E-state index contributed by atoms with van der Waals surface area (Å²) in [6.07, 6.45) is 1.05. The van der Waals surface area contributed by atoms with Gasteiger partial charge >= 0.3 is 6.09 Å². The topological polar surface area (TPSA) is 55.6 Å². The zero-order chi connectivity index (χ0) is 13.7. The summed E-state index contributed by atoms with van der Waals surface area (Å²) >= 11 is 0. The largest absolute Gasteiger partial charge is 0.445 e. The zero-order valence-corrected chi connectivity index (χ0v) is 10.8. The van der Waals surface area contributed by atoms with Crippen LogP contribution in [0.5, 0.6) is 0 Å². The molecule has 0 aromatic heterocycles. The highest BCUT2D eigenvalue weighted by atomic mass is 19.1. The smallest absolute Gasteiger partial charge is 0.410 e. The number of ether oxygens (including phenoxy) is 1. The zero-order valence-electron chi connectivity index (χ0n) is 10.8. The standard InChI is InChI=1S/C14H19FN2O2/c15-9-13-12(16)7-4-8-17(13)14(18)19-10-11-5-2-1-3-6-11/h1-3,5-6,12-13H,4,7-10,16H2/t12-,13-/m0/s1. The van der Waals surface area contributed by atoms with Crippen LogP contribution in [0, 0.1) is 0 Å². The van der Waals surface area contributed by atoms with Gasteiger partial charge in [-0.2, -0.15) is 0 Å². The molecule has 1 aromatic rings. The molecule has 104 valence electrons. The second kappa shape index (κ2) is 6.52. The Kier molecular flexibility index (Phi) is 4.74. The van der Waals surface area contributed by atoms with Gasteiger partial charge in [-0.25, -0.2) is 9.18 Å². The highest BCUT2D eigenvalue weighted by molar-refractivity contribution is 5.68. The van der Waals surface area contributed by atoms with Crippen molar-refractivity contribution in [2.75, 3.05) is 13.2 Å². The number of amides is 1. The molecule has 19 heavy (non-hydrogen) atoms. The van der Waals surface area contributed by atoms with E-state index >= 15 is 0 Å². The quantitative estimate of drug-likeness (QED) is 0.911. The van der Waals surface area contributed by atoms with Crippen LogP contribution >= 0.6 is 0 Å². The van der Waals surface area contributed by atoms with Crippen molar-refractivity contribution in [2.45, 2.75) is 31.5 Å². The number of alkyl halides is 1. The Hall–Kier alpha value is -1.62. The molecule has 0 radical (unpaired) electrons. The number of hydrogen-bond donors (Lipinski definition) is 1. The van der Waals surface area contributed by atoms with Crippen molar-refractivity contribution >= 4 is 6.09 Å². The minimum Gasteiger partial charge on any atom is -0.445 e. The normalized spacial score (nSPS) is 23.2. The molecule has 2 N–H and O–H groups in total. The molecule has 4 nitrogen and oxygen atoms in total. The second-order valence-corrected chi connectivity index (χ2v) is 4.76. The van der Waals surface area contributed by atoms with E-state index in [0.29, 0.717) is 6.54 Å². The number of rotatable bonds is 3. The van der Waals surface area contributed by atoms with Crippen molar-refractivity contribution < 1.29 is 13.9 Å². The summed E-state index contributed by atoms with van der Waals surface area (Å²) in [6, 6.07) is 8.55. The fourth-order valence-electron chi connectivity index (χ4n) is 2.31. The summed E-state index contributed by atoms with van der Waals surface area (Å²) in [5, 5.41) is 0. The van der Waals surface area contributed by atoms with E-state index < -0.39 is 18.8 Å². The van der Waals surface area contributed by atoms with E-state index in [1.54, 1.807) is 0 Å². The van der Waals surface area contributed by atoms with Crippen LogP contribution in [0.4, 0.5) is 9.18 Å². The van der Waals surface area contributed by atoms with E-state index in [4.69, 9.17) is 10.5 Å². The number of nitrogens with zero attached hydrogens (tertiary/aromatic N) is 1. The third-order valence-corrected chi connectivity index (χ3v) is 3.43. The lowest BCUT2D eigenvalue weighted by molar-refractivity contribution is 0.0546. The van der Waals surface area contributed by atoms with E-state index in [9.17, 15) is 9.18 Å². The number of hydrogen-bond acceptors (Lipinski definition) is 3. The van der Waals surface area contributed by atoms with Crippen molar-refractivity contribution in [1.29, 1.82) is 0 Å². The molecule has 1 heterocycles. The van der Waals surface area contributed by atoms with Crippen LogP contribution in [0.3, 0.4) is 0 Å². The molecule has 0 aliphatic carbocycles. The molecule has 1 aliphatic heterocycles. The Morgan fingerprint density at radius 3 is 2.84 bits per heavy atom. The van der Waals surface area contributed by atoms with Crippen LogP contribution in [0.25, 0.3) is 0 Å². The molecule has 1 saturated heterocycles. The lowest BCUT2D eigenvalue weighted by atomic mass is 9.98. The molecule has 2 rings (SSSR count). The first-order chi connectivity index (χ1) is 9.22. The van der Waals surface area contributed by atoms with Crippen molar-refractivity contribution in [3.05, 3.63) is 35.9 Å². The van der Waals surface area contributed by atoms with Crippen molar-refractivity contribution in [1.82, 2.24) is 4.90 Å². The van der Waals surface area contributed by atoms with Gasteiger partial charge < -0.3 is 15.4 Å². The van der Waals surface area contributed by atoms with Gasteiger partial charge in [0.1, 0.15) is 13.3 Å².